The predicted octanol–water partition coefficient (Wildman–Crippen LogP) is 7.77. The highest BCUT2D eigenvalue weighted by Crippen LogP contribution is 2.26. The number of carbonyl (C=O) groups excluding carboxylic acids is 2. The molecule has 0 aromatic rings. The first-order valence-electron chi connectivity index (χ1n) is 12.8. The van der Waals surface area contributed by atoms with Crippen LogP contribution in [0.2, 0.25) is 0 Å². The van der Waals surface area contributed by atoms with Crippen LogP contribution < -0.4 is 0 Å². The van der Waals surface area contributed by atoms with Crippen molar-refractivity contribution in [1.29, 1.82) is 0 Å². The first-order valence-corrected chi connectivity index (χ1v) is 12.8. The van der Waals surface area contributed by atoms with Gasteiger partial charge in [0.25, 0.3) is 0 Å². The summed E-state index contributed by atoms with van der Waals surface area (Å²) in [4.78, 5) is 23.9. The predicted molar refractivity (Wildman–Crippen MR) is 126 cm³/mol. The maximum absolute atomic E-state index is 12.2. The summed E-state index contributed by atoms with van der Waals surface area (Å²) in [6.07, 6.45) is 18.4. The Labute approximate surface area is 186 Å². The number of esters is 2. The van der Waals surface area contributed by atoms with Crippen molar-refractivity contribution in [2.45, 2.75) is 137 Å². The highest BCUT2D eigenvalue weighted by Gasteiger charge is 2.28. The Bertz CT molecular complexity index is 417. The van der Waals surface area contributed by atoms with Crippen molar-refractivity contribution in [3.05, 3.63) is 0 Å². The van der Waals surface area contributed by atoms with Crippen molar-refractivity contribution >= 4 is 11.9 Å². The van der Waals surface area contributed by atoms with Gasteiger partial charge >= 0.3 is 11.9 Å². The molecule has 0 radical (unpaired) electrons. The van der Waals surface area contributed by atoms with Crippen molar-refractivity contribution < 1.29 is 19.1 Å². The maximum Gasteiger partial charge on any atom is 0.311 e. The van der Waals surface area contributed by atoms with E-state index in [1.807, 2.05) is 13.8 Å². The molecule has 0 aromatic heterocycles. The molecule has 0 N–H and O–H groups in total. The van der Waals surface area contributed by atoms with Crippen LogP contribution in [-0.2, 0) is 19.1 Å². The van der Waals surface area contributed by atoms with Gasteiger partial charge in [0, 0.05) is 6.42 Å². The zero-order valence-corrected chi connectivity index (χ0v) is 20.6. The first kappa shape index (κ1) is 28.9. The van der Waals surface area contributed by atoms with Crippen molar-refractivity contribution in [3.63, 3.8) is 0 Å². The summed E-state index contributed by atoms with van der Waals surface area (Å²) in [6, 6.07) is 0. The van der Waals surface area contributed by atoms with Gasteiger partial charge in [0.1, 0.15) is 0 Å². The molecule has 0 atom stereocenters. The van der Waals surface area contributed by atoms with Gasteiger partial charge in [-0.2, -0.15) is 0 Å². The van der Waals surface area contributed by atoms with E-state index in [2.05, 4.69) is 13.8 Å². The fourth-order valence-corrected chi connectivity index (χ4v) is 3.50. The van der Waals surface area contributed by atoms with Gasteiger partial charge in [-0.3, -0.25) is 9.59 Å². The first-order chi connectivity index (χ1) is 14.4. The zero-order valence-electron chi connectivity index (χ0n) is 20.6. The van der Waals surface area contributed by atoms with Gasteiger partial charge in [-0.15, -0.1) is 0 Å². The molecule has 0 aliphatic carbocycles. The van der Waals surface area contributed by atoms with Gasteiger partial charge in [0.15, 0.2) is 0 Å². The number of ether oxygens (including phenoxy) is 2. The van der Waals surface area contributed by atoms with Crippen LogP contribution in [0, 0.1) is 5.41 Å². The smallest absolute Gasteiger partial charge is 0.311 e. The molecule has 0 rings (SSSR count). The molecule has 0 spiro atoms. The summed E-state index contributed by atoms with van der Waals surface area (Å²) >= 11 is 0. The standard InChI is InChI=1S/C26H50O4/c1-5-7-9-18-22-29-24(27)20-16-14-12-11-13-15-17-21-26(3,4)25(28)30-23-19-10-8-6-2/h5-23H2,1-4H3. The van der Waals surface area contributed by atoms with E-state index in [0.29, 0.717) is 19.6 Å². The minimum absolute atomic E-state index is 0.0361. The Kier molecular flexibility index (Phi) is 19.2. The number of unbranched alkanes of at least 4 members (excludes halogenated alkanes) is 12. The quantitative estimate of drug-likeness (QED) is 0.139. The molecular formula is C26H50O4. The zero-order chi connectivity index (χ0) is 22.5. The fraction of sp³-hybridized carbons (Fsp3) is 0.923. The average Bonchev–Trinajstić information content (AvgIpc) is 2.72. The van der Waals surface area contributed by atoms with E-state index >= 15 is 0 Å². The molecule has 0 saturated carbocycles. The van der Waals surface area contributed by atoms with E-state index in [4.69, 9.17) is 9.47 Å². The van der Waals surface area contributed by atoms with Crippen LogP contribution in [0.15, 0.2) is 0 Å². The van der Waals surface area contributed by atoms with Crippen molar-refractivity contribution in [2.24, 2.45) is 5.41 Å². The second-order valence-corrected chi connectivity index (χ2v) is 9.34. The van der Waals surface area contributed by atoms with Gasteiger partial charge in [0.2, 0.25) is 0 Å². The molecule has 4 nitrogen and oxygen atoms in total. The summed E-state index contributed by atoms with van der Waals surface area (Å²) < 4.78 is 10.7. The van der Waals surface area contributed by atoms with Crippen molar-refractivity contribution in [2.75, 3.05) is 13.2 Å². The van der Waals surface area contributed by atoms with Gasteiger partial charge in [-0.05, 0) is 39.5 Å². The Balaban J connectivity index is 3.52. The van der Waals surface area contributed by atoms with E-state index < -0.39 is 0 Å². The Morgan fingerprint density at radius 2 is 1.07 bits per heavy atom. The summed E-state index contributed by atoms with van der Waals surface area (Å²) in [5.41, 5.74) is -0.373. The van der Waals surface area contributed by atoms with Crippen molar-refractivity contribution in [3.8, 4) is 0 Å². The number of hydrogen-bond donors (Lipinski definition) is 0. The third kappa shape index (κ3) is 17.8. The largest absolute Gasteiger partial charge is 0.466 e. The molecule has 0 aromatic carbocycles. The third-order valence-electron chi connectivity index (χ3n) is 5.73. The lowest BCUT2D eigenvalue weighted by Gasteiger charge is -2.22. The lowest BCUT2D eigenvalue weighted by Crippen LogP contribution is -2.27. The molecule has 0 bridgehead atoms. The highest BCUT2D eigenvalue weighted by molar-refractivity contribution is 5.75. The third-order valence-corrected chi connectivity index (χ3v) is 5.73. The van der Waals surface area contributed by atoms with Gasteiger partial charge in [0.05, 0.1) is 18.6 Å². The highest BCUT2D eigenvalue weighted by atomic mass is 16.5. The van der Waals surface area contributed by atoms with E-state index in [1.54, 1.807) is 0 Å². The monoisotopic (exact) mass is 426 g/mol. The van der Waals surface area contributed by atoms with Crippen LogP contribution in [0.1, 0.15) is 137 Å². The van der Waals surface area contributed by atoms with Crippen LogP contribution in [-0.4, -0.2) is 25.2 Å². The van der Waals surface area contributed by atoms with E-state index in [0.717, 1.165) is 57.8 Å². The molecule has 0 heterocycles. The summed E-state index contributed by atoms with van der Waals surface area (Å²) in [5.74, 6) is -0.0813. The van der Waals surface area contributed by atoms with E-state index in [-0.39, 0.29) is 17.4 Å². The number of rotatable bonds is 21. The van der Waals surface area contributed by atoms with Crippen LogP contribution >= 0.6 is 0 Å². The molecule has 178 valence electrons. The normalized spacial score (nSPS) is 11.5. The summed E-state index contributed by atoms with van der Waals surface area (Å²) in [7, 11) is 0. The Morgan fingerprint density at radius 1 is 0.600 bits per heavy atom. The molecule has 0 aliphatic rings. The number of hydrogen-bond acceptors (Lipinski definition) is 4. The molecule has 0 aliphatic heterocycles. The second kappa shape index (κ2) is 19.9. The van der Waals surface area contributed by atoms with Crippen LogP contribution in [0.3, 0.4) is 0 Å². The summed E-state index contributed by atoms with van der Waals surface area (Å²) in [6.45, 7) is 9.52. The Hall–Kier alpha value is -1.06. The fourth-order valence-electron chi connectivity index (χ4n) is 3.50. The van der Waals surface area contributed by atoms with Crippen molar-refractivity contribution in [1.82, 2.24) is 0 Å². The topological polar surface area (TPSA) is 52.6 Å². The molecule has 0 amide bonds. The molecule has 0 fully saturated rings. The minimum Gasteiger partial charge on any atom is -0.466 e. The maximum atomic E-state index is 12.2. The lowest BCUT2D eigenvalue weighted by molar-refractivity contribution is -0.154. The van der Waals surface area contributed by atoms with Crippen LogP contribution in [0.25, 0.3) is 0 Å². The average molecular weight is 427 g/mol. The van der Waals surface area contributed by atoms with E-state index in [9.17, 15) is 9.59 Å². The van der Waals surface area contributed by atoms with Gasteiger partial charge in [-0.1, -0.05) is 90.9 Å². The van der Waals surface area contributed by atoms with Crippen LogP contribution in [0.5, 0.6) is 0 Å². The second-order valence-electron chi connectivity index (χ2n) is 9.34. The molecular weight excluding hydrogens is 376 g/mol. The molecule has 4 heteroatoms. The summed E-state index contributed by atoms with van der Waals surface area (Å²) in [5, 5.41) is 0. The Morgan fingerprint density at radius 3 is 1.63 bits per heavy atom. The van der Waals surface area contributed by atoms with Gasteiger partial charge < -0.3 is 9.47 Å². The minimum atomic E-state index is -0.373. The molecule has 30 heavy (non-hydrogen) atoms. The number of carbonyl (C=O) groups is 2. The van der Waals surface area contributed by atoms with E-state index in [1.165, 1.54) is 44.9 Å². The molecule has 0 unspecified atom stereocenters. The lowest BCUT2D eigenvalue weighted by atomic mass is 9.87. The van der Waals surface area contributed by atoms with Gasteiger partial charge in [-0.25, -0.2) is 0 Å². The van der Waals surface area contributed by atoms with Crippen LogP contribution in [0.4, 0.5) is 0 Å². The SMILES string of the molecule is CCCCCCOC(=O)CCCCCCCCCC(C)(C)C(=O)OCCCCCC. The molecule has 0 saturated heterocycles.